The van der Waals surface area contributed by atoms with Crippen LogP contribution < -0.4 is 30.9 Å². The first-order valence-electron chi connectivity index (χ1n) is 20.1. The highest BCUT2D eigenvalue weighted by atomic mass is 32.2. The molecule has 0 radical (unpaired) electrons. The second kappa shape index (κ2) is 15.9. The van der Waals surface area contributed by atoms with Gasteiger partial charge >= 0.3 is 10.1 Å². The van der Waals surface area contributed by atoms with Crippen molar-refractivity contribution < 1.29 is 67.8 Å². The average Bonchev–Trinajstić information content (AvgIpc) is 3.47. The molecule has 64 heavy (non-hydrogen) atoms. The molecule has 0 fully saturated rings. The number of imide groups is 1. The first-order valence-corrected chi connectivity index (χ1v) is 24.6. The minimum absolute atomic E-state index is 0.0356. The number of carbonyl (C=O) groups excluding carboxylic acids is 4. The van der Waals surface area contributed by atoms with Crippen LogP contribution in [0.1, 0.15) is 109 Å². The number of anilines is 1. The summed E-state index contributed by atoms with van der Waals surface area (Å²) >= 11 is 0. The van der Waals surface area contributed by atoms with Gasteiger partial charge in [0.25, 0.3) is 33.7 Å². The largest absolute Gasteiger partial charge is 0.744 e. The zero-order valence-corrected chi connectivity index (χ0v) is 38.3. The van der Waals surface area contributed by atoms with Crippen molar-refractivity contribution in [3.63, 3.8) is 0 Å². The Balaban J connectivity index is 1.58. The van der Waals surface area contributed by atoms with Crippen molar-refractivity contribution in [2.24, 2.45) is 0 Å². The van der Waals surface area contributed by atoms with Crippen LogP contribution in [0.5, 0.6) is 11.5 Å². The van der Waals surface area contributed by atoms with Crippen molar-refractivity contribution in [1.29, 1.82) is 0 Å². The maximum atomic E-state index is 14.6. The van der Waals surface area contributed by atoms with Gasteiger partial charge in [0.05, 0.1) is 11.4 Å². The van der Waals surface area contributed by atoms with E-state index >= 15 is 0 Å². The van der Waals surface area contributed by atoms with Crippen molar-refractivity contribution in [2.45, 2.75) is 87.1 Å². The molecule has 19 nitrogen and oxygen atoms in total. The molecule has 0 saturated carbocycles. The second-order valence-corrected chi connectivity index (χ2v) is 22.2. The fourth-order valence-corrected chi connectivity index (χ4v) is 11.3. The fraction of sp³-hybridized carbons (Fsp3) is 0.405. The summed E-state index contributed by atoms with van der Waals surface area (Å²) in [5.74, 6) is -5.65. The predicted molar refractivity (Wildman–Crippen MR) is 228 cm³/mol. The van der Waals surface area contributed by atoms with Gasteiger partial charge in [0.15, 0.2) is 17.0 Å². The standard InChI is InChI=1S/C42H47N5O14S3/c1-21-19-41(3,4)44-33-25(21)17-28-32(29-18-26-22(2)20-42(5,6)45-34(26)38(64(58,59)60)36(29)61-35(28)37(33)63(55,56)57)24-9-8-23(16-27(24)40(51)46(7)14-15-62(52,53)54)39(50)43-12-13-47-30(48)10-11-31(47)49/h8-11,16-18,21-22,44H,12-15,19-20H2,1-7H3,(H,43,50)(H,52,53,54)(H,55,56,57)(H,58,59,60). The molecule has 3 aromatic rings. The van der Waals surface area contributed by atoms with Gasteiger partial charge in [-0.25, -0.2) is 13.4 Å². The van der Waals surface area contributed by atoms with E-state index in [1.165, 1.54) is 19.2 Å². The van der Waals surface area contributed by atoms with Crippen molar-refractivity contribution in [2.75, 3.05) is 37.8 Å². The molecule has 342 valence electrons. The van der Waals surface area contributed by atoms with E-state index in [0.29, 0.717) is 24.0 Å². The summed E-state index contributed by atoms with van der Waals surface area (Å²) in [7, 11) is -14.1. The molecule has 5 N–H and O–H groups in total. The third kappa shape index (κ3) is 8.81. The number of hydrogen-bond acceptors (Lipinski definition) is 13. The van der Waals surface area contributed by atoms with E-state index in [0.717, 1.165) is 28.0 Å². The highest BCUT2D eigenvalue weighted by Crippen LogP contribution is 2.51. The zero-order chi connectivity index (χ0) is 47.2. The quantitative estimate of drug-likeness (QED) is 0.101. The second-order valence-electron chi connectivity index (χ2n) is 17.9. The summed E-state index contributed by atoms with van der Waals surface area (Å²) in [4.78, 5) is 55.9. The Morgan fingerprint density at radius 3 is 2.17 bits per heavy atom. The maximum Gasteiger partial charge on any atom is 0.304 e. The van der Waals surface area contributed by atoms with Gasteiger partial charge in [-0.1, -0.05) is 19.9 Å². The molecule has 2 atom stereocenters. The van der Waals surface area contributed by atoms with Crippen LogP contribution >= 0.6 is 0 Å². The van der Waals surface area contributed by atoms with Crippen LogP contribution in [0.4, 0.5) is 5.69 Å². The van der Waals surface area contributed by atoms with E-state index in [9.17, 15) is 58.1 Å². The smallest absolute Gasteiger partial charge is 0.304 e. The van der Waals surface area contributed by atoms with Gasteiger partial charge < -0.3 is 24.8 Å². The molecule has 0 aromatic heterocycles. The van der Waals surface area contributed by atoms with E-state index < -0.39 is 98.6 Å². The average molecular weight is 942 g/mol. The highest BCUT2D eigenvalue weighted by Gasteiger charge is 2.43. The predicted octanol–water partition coefficient (Wildman–Crippen LogP) is 0.489. The first-order chi connectivity index (χ1) is 29.5. The fourth-order valence-electron chi connectivity index (χ4n) is 9.16. The molecule has 0 spiro atoms. The lowest BCUT2D eigenvalue weighted by molar-refractivity contribution is -0.590. The molecule has 4 aliphatic heterocycles. The Kier molecular flexibility index (Phi) is 11.5. The number of nitrogens with one attached hydrogen (secondary N) is 3. The van der Waals surface area contributed by atoms with Gasteiger partial charge in [-0.2, -0.15) is 16.8 Å². The Morgan fingerprint density at radius 1 is 0.922 bits per heavy atom. The highest BCUT2D eigenvalue weighted by molar-refractivity contribution is 7.86. The normalized spacial score (nSPS) is 19.7. The van der Waals surface area contributed by atoms with Gasteiger partial charge in [-0.3, -0.25) is 33.2 Å². The SMILES string of the molecule is CC1CC(C)(C)Nc2c1cc1c(c2S(=O)(=O)[O-])Oc2c(S(=O)(=O)O)c3c(cc2=C1c1ccc(C(=O)NCCN2C(=O)C=CC2=O)cc1C(=O)N(C)CCS(=O)(=O)O)C(C)CC(C)(C)[NH+]=3. The molecule has 7 rings (SSSR count). The zero-order valence-electron chi connectivity index (χ0n) is 35.9. The van der Waals surface area contributed by atoms with Gasteiger partial charge in [-0.05, 0) is 81.3 Å². The number of rotatable bonds is 11. The Hall–Kier alpha value is -5.52. The molecular formula is C42H47N5O14S3. The summed E-state index contributed by atoms with van der Waals surface area (Å²) in [5.41, 5.74) is -1.39. The number of ether oxygens (including phenoxy) is 1. The summed E-state index contributed by atoms with van der Waals surface area (Å²) < 4.78 is 118. The topological polar surface area (TPSA) is 288 Å². The first kappa shape index (κ1) is 46.5. The van der Waals surface area contributed by atoms with E-state index in [2.05, 4.69) is 15.6 Å². The molecule has 0 bridgehead atoms. The van der Waals surface area contributed by atoms with Crippen molar-refractivity contribution in [3.05, 3.63) is 86.4 Å². The number of carbonyl (C=O) groups is 4. The lowest BCUT2D eigenvalue weighted by Crippen LogP contribution is -2.91. The molecule has 22 heteroatoms. The van der Waals surface area contributed by atoms with Crippen molar-refractivity contribution in [1.82, 2.24) is 15.1 Å². The number of hydrogen-bond donors (Lipinski definition) is 5. The van der Waals surface area contributed by atoms with Gasteiger partial charge in [0, 0.05) is 83.8 Å². The van der Waals surface area contributed by atoms with Gasteiger partial charge in [0.1, 0.15) is 15.0 Å². The van der Waals surface area contributed by atoms with Crippen molar-refractivity contribution in [3.8, 4) is 11.5 Å². The van der Waals surface area contributed by atoms with Gasteiger partial charge in [-0.15, -0.1) is 0 Å². The third-order valence-corrected chi connectivity index (χ3v) is 14.2. The molecule has 2 unspecified atom stereocenters. The molecule has 4 aliphatic rings. The van der Waals surface area contributed by atoms with Crippen LogP contribution in [0, 0.1) is 0 Å². The van der Waals surface area contributed by atoms with Crippen LogP contribution in [0.2, 0.25) is 0 Å². The van der Waals surface area contributed by atoms with E-state index in [4.69, 9.17) is 4.74 Å². The number of fused-ring (bicyclic) bond motifs is 4. The Labute approximate surface area is 369 Å². The monoisotopic (exact) mass is 941 g/mol. The van der Waals surface area contributed by atoms with E-state index in [-0.39, 0.29) is 69.0 Å². The van der Waals surface area contributed by atoms with Crippen molar-refractivity contribution >= 4 is 65.2 Å². The minimum atomic E-state index is -5.50. The third-order valence-electron chi connectivity index (χ3n) is 11.7. The van der Waals surface area contributed by atoms with Crippen LogP contribution in [0.3, 0.4) is 0 Å². The lowest BCUT2D eigenvalue weighted by Gasteiger charge is -2.40. The summed E-state index contributed by atoms with van der Waals surface area (Å²) in [6, 6.07) is 6.97. The molecule has 0 aliphatic carbocycles. The Morgan fingerprint density at radius 2 is 1.56 bits per heavy atom. The number of nitrogens with zero attached hydrogens (tertiary/aromatic N) is 2. The summed E-state index contributed by atoms with van der Waals surface area (Å²) in [6.45, 7) is 9.96. The Bertz CT molecular complexity index is 3090. The molecule has 4 heterocycles. The van der Waals surface area contributed by atoms with Crippen LogP contribution in [0.15, 0.2) is 52.3 Å². The van der Waals surface area contributed by atoms with Crippen LogP contribution in [-0.2, 0) is 39.9 Å². The number of amides is 4. The molecular weight excluding hydrogens is 895 g/mol. The lowest BCUT2D eigenvalue weighted by atomic mass is 9.79. The summed E-state index contributed by atoms with van der Waals surface area (Å²) in [5, 5.41) is 5.66. The minimum Gasteiger partial charge on any atom is -0.744 e. The van der Waals surface area contributed by atoms with E-state index in [1.807, 2.05) is 27.7 Å². The van der Waals surface area contributed by atoms with Crippen LogP contribution in [0.25, 0.3) is 5.57 Å². The molecule has 4 amide bonds. The number of benzene rings is 3. The van der Waals surface area contributed by atoms with E-state index in [1.54, 1.807) is 26.0 Å². The summed E-state index contributed by atoms with van der Waals surface area (Å²) in [6.07, 6.45) is 3.11. The molecule has 3 aromatic carbocycles. The van der Waals surface area contributed by atoms with Crippen LogP contribution in [-0.4, -0.2) is 116 Å². The maximum absolute atomic E-state index is 14.6. The van der Waals surface area contributed by atoms with Gasteiger partial charge in [0.2, 0.25) is 10.3 Å². The molecule has 0 saturated heterocycles.